The van der Waals surface area contributed by atoms with Crippen LogP contribution in [-0.4, -0.2) is 28.0 Å². The van der Waals surface area contributed by atoms with Crippen molar-refractivity contribution in [1.29, 1.82) is 0 Å². The lowest BCUT2D eigenvalue weighted by Crippen LogP contribution is -2.34. The molecule has 0 saturated heterocycles. The second-order valence-electron chi connectivity index (χ2n) is 4.99. The van der Waals surface area contributed by atoms with Crippen LogP contribution < -0.4 is 5.32 Å². The van der Waals surface area contributed by atoms with E-state index in [9.17, 15) is 0 Å². The van der Waals surface area contributed by atoms with Crippen LogP contribution in [-0.2, 0) is 6.54 Å². The molecule has 2 aromatic rings. The van der Waals surface area contributed by atoms with Gasteiger partial charge in [-0.25, -0.2) is 0 Å². The largest absolute Gasteiger partial charge is 0.396 e. The van der Waals surface area contributed by atoms with Gasteiger partial charge in [0.05, 0.1) is 16.8 Å². The van der Waals surface area contributed by atoms with Gasteiger partial charge in [-0.2, -0.15) is 5.10 Å². The second kappa shape index (κ2) is 6.84. The monoisotopic (exact) mass is 279 g/mol. The van der Waals surface area contributed by atoms with Crippen molar-refractivity contribution in [2.45, 2.75) is 32.9 Å². The maximum absolute atomic E-state index is 9.09. The highest BCUT2D eigenvalue weighted by Crippen LogP contribution is 2.25. The van der Waals surface area contributed by atoms with Gasteiger partial charge in [0.25, 0.3) is 0 Å². The molecule has 0 fully saturated rings. The van der Waals surface area contributed by atoms with Crippen molar-refractivity contribution in [2.75, 3.05) is 6.61 Å². The van der Waals surface area contributed by atoms with Gasteiger partial charge in [0.2, 0.25) is 0 Å². The van der Waals surface area contributed by atoms with Gasteiger partial charge in [0.1, 0.15) is 0 Å². The molecule has 104 valence electrons. The first kappa shape index (κ1) is 14.2. The summed E-state index contributed by atoms with van der Waals surface area (Å²) in [6.45, 7) is 5.33. The summed E-state index contributed by atoms with van der Waals surface area (Å²) in [5, 5.41) is 21.9. The third-order valence-electron chi connectivity index (χ3n) is 3.28. The molecule has 0 aliphatic rings. The lowest BCUT2D eigenvalue weighted by molar-refractivity contribution is 0.244. The number of thiophene rings is 1. The second-order valence-corrected chi connectivity index (χ2v) is 5.94. The lowest BCUT2D eigenvalue weighted by atomic mass is 10.0. The maximum Gasteiger partial charge on any atom is 0.0794 e. The van der Waals surface area contributed by atoms with Gasteiger partial charge >= 0.3 is 0 Å². The zero-order valence-corrected chi connectivity index (χ0v) is 12.2. The molecule has 0 aliphatic heterocycles. The van der Waals surface area contributed by atoms with E-state index in [1.165, 1.54) is 10.4 Å². The van der Waals surface area contributed by atoms with Crippen LogP contribution in [0.1, 0.15) is 25.8 Å². The fraction of sp³-hybridized carbons (Fsp3) is 0.500. The molecule has 2 aromatic heterocycles. The van der Waals surface area contributed by atoms with Crippen molar-refractivity contribution in [3.8, 4) is 10.6 Å². The quantitative estimate of drug-likeness (QED) is 0.730. The molecule has 0 amide bonds. The predicted octanol–water partition coefficient (Wildman–Crippen LogP) is 2.63. The Balaban J connectivity index is 2.02. The maximum atomic E-state index is 9.09. The highest BCUT2D eigenvalue weighted by Gasteiger charge is 2.14. The smallest absolute Gasteiger partial charge is 0.0794 e. The first-order valence-electron chi connectivity index (χ1n) is 6.62. The van der Waals surface area contributed by atoms with E-state index in [2.05, 4.69) is 40.8 Å². The van der Waals surface area contributed by atoms with Crippen LogP contribution in [0.2, 0.25) is 0 Å². The molecule has 4 nitrogen and oxygen atoms in total. The fourth-order valence-electron chi connectivity index (χ4n) is 2.13. The first-order valence-corrected chi connectivity index (χ1v) is 7.50. The minimum absolute atomic E-state index is 0.221. The number of aliphatic hydroxyl groups is 1. The summed E-state index contributed by atoms with van der Waals surface area (Å²) in [4.78, 5) is 1.21. The van der Waals surface area contributed by atoms with Crippen LogP contribution >= 0.6 is 11.3 Å². The van der Waals surface area contributed by atoms with Crippen molar-refractivity contribution in [3.05, 3.63) is 29.3 Å². The van der Waals surface area contributed by atoms with Crippen LogP contribution in [0.25, 0.3) is 10.6 Å². The number of aliphatic hydroxyl groups excluding tert-OH is 1. The average Bonchev–Trinajstić information content (AvgIpc) is 3.03. The summed E-state index contributed by atoms with van der Waals surface area (Å²) < 4.78 is 0. The van der Waals surface area contributed by atoms with E-state index in [0.717, 1.165) is 18.7 Å². The molecule has 0 bridgehead atoms. The number of nitrogens with zero attached hydrogens (tertiary/aromatic N) is 1. The SMILES string of the molecule is CC(C)C(CCO)NCc1cn[nH]c1-c1cccs1. The molecule has 5 heteroatoms. The molecule has 2 heterocycles. The normalized spacial score (nSPS) is 13.1. The molecular weight excluding hydrogens is 258 g/mol. The highest BCUT2D eigenvalue weighted by atomic mass is 32.1. The summed E-state index contributed by atoms with van der Waals surface area (Å²) in [6.07, 6.45) is 2.65. The fourth-order valence-corrected chi connectivity index (χ4v) is 2.89. The van der Waals surface area contributed by atoms with Gasteiger partial charge in [-0.05, 0) is 23.8 Å². The van der Waals surface area contributed by atoms with E-state index in [1.54, 1.807) is 11.3 Å². The zero-order valence-electron chi connectivity index (χ0n) is 11.4. The van der Waals surface area contributed by atoms with Gasteiger partial charge < -0.3 is 10.4 Å². The van der Waals surface area contributed by atoms with Crippen molar-refractivity contribution < 1.29 is 5.11 Å². The van der Waals surface area contributed by atoms with Crippen LogP contribution in [0, 0.1) is 5.92 Å². The topological polar surface area (TPSA) is 60.9 Å². The lowest BCUT2D eigenvalue weighted by Gasteiger charge is -2.21. The Kier molecular flexibility index (Phi) is 5.13. The van der Waals surface area contributed by atoms with E-state index in [0.29, 0.717) is 12.0 Å². The van der Waals surface area contributed by atoms with Crippen LogP contribution in [0.4, 0.5) is 0 Å². The minimum Gasteiger partial charge on any atom is -0.396 e. The minimum atomic E-state index is 0.221. The zero-order chi connectivity index (χ0) is 13.7. The Morgan fingerprint density at radius 1 is 1.47 bits per heavy atom. The summed E-state index contributed by atoms with van der Waals surface area (Å²) in [5.74, 6) is 0.504. The summed E-state index contributed by atoms with van der Waals surface area (Å²) in [7, 11) is 0. The molecule has 0 aromatic carbocycles. The van der Waals surface area contributed by atoms with Gasteiger partial charge in [-0.15, -0.1) is 11.3 Å². The number of hydrogen-bond donors (Lipinski definition) is 3. The Hall–Kier alpha value is -1.17. The predicted molar refractivity (Wildman–Crippen MR) is 79.1 cm³/mol. The molecule has 1 unspecified atom stereocenters. The molecular formula is C14H21N3OS. The van der Waals surface area contributed by atoms with Crippen molar-refractivity contribution in [3.63, 3.8) is 0 Å². The van der Waals surface area contributed by atoms with E-state index < -0.39 is 0 Å². The van der Waals surface area contributed by atoms with Gasteiger partial charge in [-0.3, -0.25) is 5.10 Å². The third-order valence-corrected chi connectivity index (χ3v) is 4.17. The van der Waals surface area contributed by atoms with Crippen LogP contribution in [0.5, 0.6) is 0 Å². The molecule has 0 radical (unpaired) electrons. The average molecular weight is 279 g/mol. The van der Waals surface area contributed by atoms with E-state index >= 15 is 0 Å². The standard InChI is InChI=1S/C14H21N3OS/c1-10(2)12(5-6-18)15-8-11-9-16-17-14(11)13-4-3-7-19-13/h3-4,7,9-10,12,15,18H,5-6,8H2,1-2H3,(H,16,17). The Bertz CT molecular complexity index is 479. The highest BCUT2D eigenvalue weighted by molar-refractivity contribution is 7.13. The van der Waals surface area contributed by atoms with Gasteiger partial charge in [-0.1, -0.05) is 19.9 Å². The summed E-state index contributed by atoms with van der Waals surface area (Å²) in [5.41, 5.74) is 2.26. The molecule has 2 rings (SSSR count). The van der Waals surface area contributed by atoms with Crippen LogP contribution in [0.15, 0.2) is 23.7 Å². The Labute approximate surface area is 117 Å². The molecule has 0 aliphatic carbocycles. The molecule has 1 atom stereocenters. The number of aromatic amines is 1. The molecule has 0 spiro atoms. The number of rotatable bonds is 7. The van der Waals surface area contributed by atoms with E-state index in [1.807, 2.05) is 12.3 Å². The Morgan fingerprint density at radius 2 is 2.32 bits per heavy atom. The van der Waals surface area contributed by atoms with Crippen LogP contribution in [0.3, 0.4) is 0 Å². The molecule has 0 saturated carbocycles. The van der Waals surface area contributed by atoms with Crippen molar-refractivity contribution >= 4 is 11.3 Å². The van der Waals surface area contributed by atoms with Crippen molar-refractivity contribution in [1.82, 2.24) is 15.5 Å². The van der Waals surface area contributed by atoms with E-state index in [4.69, 9.17) is 5.11 Å². The van der Waals surface area contributed by atoms with Gasteiger partial charge in [0, 0.05) is 24.8 Å². The number of hydrogen-bond acceptors (Lipinski definition) is 4. The summed E-state index contributed by atoms with van der Waals surface area (Å²) >= 11 is 1.71. The number of nitrogens with one attached hydrogen (secondary N) is 2. The number of aromatic nitrogens is 2. The molecule has 3 N–H and O–H groups in total. The third kappa shape index (κ3) is 3.65. The Morgan fingerprint density at radius 3 is 2.95 bits per heavy atom. The van der Waals surface area contributed by atoms with Gasteiger partial charge in [0.15, 0.2) is 0 Å². The summed E-state index contributed by atoms with van der Waals surface area (Å²) in [6, 6.07) is 4.46. The van der Waals surface area contributed by atoms with E-state index in [-0.39, 0.29) is 6.61 Å². The van der Waals surface area contributed by atoms with Crippen molar-refractivity contribution in [2.24, 2.45) is 5.92 Å². The first-order chi connectivity index (χ1) is 9.22. The molecule has 19 heavy (non-hydrogen) atoms. The number of H-pyrrole nitrogens is 1.